The van der Waals surface area contributed by atoms with Gasteiger partial charge in [-0.2, -0.15) is 0 Å². The summed E-state index contributed by atoms with van der Waals surface area (Å²) in [4.78, 5) is 11.3. The molecule has 1 aliphatic carbocycles. The molecule has 2 atom stereocenters. The third-order valence-corrected chi connectivity index (χ3v) is 4.72. The number of halogens is 1. The van der Waals surface area contributed by atoms with Gasteiger partial charge in [0.25, 0.3) is 0 Å². The number of nitrogens with two attached hydrogens (primary N) is 1. The minimum Gasteiger partial charge on any atom is -0.396 e. The fourth-order valence-corrected chi connectivity index (χ4v) is 3.62. The molecule has 5 heteroatoms. The smallest absolute Gasteiger partial charge is 0.226 e. The minimum atomic E-state index is -0.150. The van der Waals surface area contributed by atoms with Gasteiger partial charge in [-0.1, -0.05) is 6.07 Å². The van der Waals surface area contributed by atoms with Crippen LogP contribution < -0.4 is 10.6 Å². The van der Waals surface area contributed by atoms with E-state index in [0.29, 0.717) is 11.6 Å². The lowest BCUT2D eigenvalue weighted by atomic mass is 9.99. The Morgan fingerprint density at radius 2 is 1.90 bits per heavy atom. The summed E-state index contributed by atoms with van der Waals surface area (Å²) in [5.41, 5.74) is 10.6. The van der Waals surface area contributed by atoms with Crippen LogP contribution >= 0.6 is 0 Å². The van der Waals surface area contributed by atoms with Crippen LogP contribution in [0.2, 0.25) is 0 Å². The van der Waals surface area contributed by atoms with Crippen molar-refractivity contribution in [2.45, 2.75) is 32.2 Å². The average Bonchev–Trinajstić information content (AvgIpc) is 3.02. The summed E-state index contributed by atoms with van der Waals surface area (Å²) in [5.74, 6) is 0.965. The molecule has 21 heavy (non-hydrogen) atoms. The second-order valence-corrected chi connectivity index (χ2v) is 5.98. The van der Waals surface area contributed by atoms with Crippen molar-refractivity contribution in [1.29, 1.82) is 0 Å². The zero-order valence-electron chi connectivity index (χ0n) is 12.1. The summed E-state index contributed by atoms with van der Waals surface area (Å²) in [6.45, 7) is 4.67. The van der Waals surface area contributed by atoms with Crippen molar-refractivity contribution in [2.75, 3.05) is 17.2 Å². The van der Waals surface area contributed by atoms with Crippen LogP contribution in [0.4, 0.5) is 16.0 Å². The lowest BCUT2D eigenvalue weighted by Crippen LogP contribution is -2.29. The molecular formula is C16H17FN4. The van der Waals surface area contributed by atoms with Crippen molar-refractivity contribution in [1.82, 2.24) is 9.97 Å². The summed E-state index contributed by atoms with van der Waals surface area (Å²) >= 11 is 0. The second-order valence-electron chi connectivity index (χ2n) is 5.98. The maximum Gasteiger partial charge on any atom is 0.226 e. The number of benzene rings is 1. The number of fused-ring (bicyclic) bond motifs is 5. The number of anilines is 2. The van der Waals surface area contributed by atoms with E-state index in [0.717, 1.165) is 35.9 Å². The molecule has 0 spiro atoms. The first-order chi connectivity index (χ1) is 10.0. The molecule has 0 amide bonds. The molecule has 0 saturated carbocycles. The van der Waals surface area contributed by atoms with Crippen LogP contribution in [-0.4, -0.2) is 16.5 Å². The van der Waals surface area contributed by atoms with Gasteiger partial charge in [0.2, 0.25) is 5.95 Å². The first-order valence-electron chi connectivity index (χ1n) is 7.21. The highest BCUT2D eigenvalue weighted by Crippen LogP contribution is 2.51. The predicted octanol–water partition coefficient (Wildman–Crippen LogP) is 2.86. The van der Waals surface area contributed by atoms with Gasteiger partial charge < -0.3 is 10.6 Å². The molecule has 4 rings (SSSR count). The maximum absolute atomic E-state index is 13.4. The number of aryl methyl sites for hydroxylation is 2. The van der Waals surface area contributed by atoms with Crippen molar-refractivity contribution >= 4 is 11.6 Å². The Kier molecular flexibility index (Phi) is 2.49. The SMILES string of the molecule is Cc1nc(N2C[C@@H]3C[C@H]2c2ccc(F)cc23)nc(C)c1N. The maximum atomic E-state index is 13.4. The summed E-state index contributed by atoms with van der Waals surface area (Å²) in [6, 6.07) is 5.38. The number of aromatic nitrogens is 2. The normalized spacial score (nSPS) is 22.7. The van der Waals surface area contributed by atoms with Gasteiger partial charge in [-0.25, -0.2) is 14.4 Å². The van der Waals surface area contributed by atoms with Crippen molar-refractivity contribution < 1.29 is 4.39 Å². The minimum absolute atomic E-state index is 0.150. The lowest BCUT2D eigenvalue weighted by molar-refractivity contribution is 0.620. The van der Waals surface area contributed by atoms with Gasteiger partial charge in [0, 0.05) is 12.5 Å². The van der Waals surface area contributed by atoms with Crippen molar-refractivity contribution in [3.05, 3.63) is 46.5 Å². The van der Waals surface area contributed by atoms with Crippen molar-refractivity contribution in [2.24, 2.45) is 0 Å². The summed E-state index contributed by atoms with van der Waals surface area (Å²) in [7, 11) is 0. The van der Waals surface area contributed by atoms with E-state index in [9.17, 15) is 4.39 Å². The second kappa shape index (κ2) is 4.16. The van der Waals surface area contributed by atoms with Crippen LogP contribution in [0.1, 0.15) is 40.9 Å². The van der Waals surface area contributed by atoms with Crippen LogP contribution in [0.25, 0.3) is 0 Å². The highest BCUT2D eigenvalue weighted by molar-refractivity contribution is 5.55. The molecule has 2 bridgehead atoms. The third-order valence-electron chi connectivity index (χ3n) is 4.72. The molecule has 1 fully saturated rings. The van der Waals surface area contributed by atoms with Gasteiger partial charge >= 0.3 is 0 Å². The van der Waals surface area contributed by atoms with Crippen LogP contribution in [0.3, 0.4) is 0 Å². The average molecular weight is 284 g/mol. The molecule has 2 N–H and O–H groups in total. The lowest BCUT2D eigenvalue weighted by Gasteiger charge is -2.29. The third kappa shape index (κ3) is 1.73. The van der Waals surface area contributed by atoms with Crippen LogP contribution in [-0.2, 0) is 0 Å². The Labute approximate surface area is 122 Å². The molecule has 2 heterocycles. The zero-order chi connectivity index (χ0) is 14.7. The van der Waals surface area contributed by atoms with E-state index in [4.69, 9.17) is 5.73 Å². The van der Waals surface area contributed by atoms with Gasteiger partial charge in [-0.05, 0) is 43.5 Å². The van der Waals surface area contributed by atoms with E-state index < -0.39 is 0 Å². The van der Waals surface area contributed by atoms with E-state index in [1.165, 1.54) is 11.6 Å². The summed E-state index contributed by atoms with van der Waals surface area (Å²) in [6.07, 6.45) is 1.02. The van der Waals surface area contributed by atoms with E-state index >= 15 is 0 Å². The quantitative estimate of drug-likeness (QED) is 0.875. The van der Waals surface area contributed by atoms with E-state index in [2.05, 4.69) is 14.9 Å². The fraction of sp³-hybridized carbons (Fsp3) is 0.375. The first-order valence-corrected chi connectivity index (χ1v) is 7.21. The Morgan fingerprint density at radius 1 is 1.19 bits per heavy atom. The first kappa shape index (κ1) is 12.6. The van der Waals surface area contributed by atoms with Gasteiger partial charge in [0.05, 0.1) is 23.1 Å². The topological polar surface area (TPSA) is 55.0 Å². The highest BCUT2D eigenvalue weighted by Gasteiger charge is 2.43. The van der Waals surface area contributed by atoms with Gasteiger partial charge in [0.1, 0.15) is 5.82 Å². The molecule has 108 valence electrons. The largest absolute Gasteiger partial charge is 0.396 e. The van der Waals surface area contributed by atoms with E-state index in [-0.39, 0.29) is 11.9 Å². The number of nitrogen functional groups attached to an aromatic ring is 1. The highest BCUT2D eigenvalue weighted by atomic mass is 19.1. The van der Waals surface area contributed by atoms with Crippen molar-refractivity contribution in [3.63, 3.8) is 0 Å². The molecule has 1 aromatic heterocycles. The number of hydrogen-bond acceptors (Lipinski definition) is 4. The number of hydrogen-bond donors (Lipinski definition) is 1. The van der Waals surface area contributed by atoms with E-state index in [1.807, 2.05) is 19.9 Å². The summed E-state index contributed by atoms with van der Waals surface area (Å²) < 4.78 is 13.4. The Hall–Kier alpha value is -2.17. The number of nitrogens with zero attached hydrogens (tertiary/aromatic N) is 3. The molecule has 0 unspecified atom stereocenters. The Morgan fingerprint density at radius 3 is 2.62 bits per heavy atom. The van der Waals surface area contributed by atoms with E-state index in [1.54, 1.807) is 6.07 Å². The summed E-state index contributed by atoms with van der Waals surface area (Å²) in [5, 5.41) is 0. The molecule has 1 aliphatic heterocycles. The Balaban J connectivity index is 1.76. The molecule has 2 aromatic rings. The standard InChI is InChI=1S/C16H17FN4/c1-8-15(18)9(2)20-16(19-8)21-7-10-5-14(21)12-4-3-11(17)6-13(10)12/h3-4,6,10,14H,5,7,18H2,1-2H3/t10-,14-/m0/s1. The van der Waals surface area contributed by atoms with Crippen molar-refractivity contribution in [3.8, 4) is 0 Å². The molecular weight excluding hydrogens is 267 g/mol. The molecule has 1 aromatic carbocycles. The van der Waals surface area contributed by atoms with Gasteiger partial charge in [0.15, 0.2) is 0 Å². The van der Waals surface area contributed by atoms with Gasteiger partial charge in [-0.15, -0.1) is 0 Å². The molecule has 4 nitrogen and oxygen atoms in total. The predicted molar refractivity (Wildman–Crippen MR) is 79.8 cm³/mol. The zero-order valence-corrected chi connectivity index (χ0v) is 12.1. The fourth-order valence-electron chi connectivity index (χ4n) is 3.62. The van der Waals surface area contributed by atoms with Crippen LogP contribution in [0, 0.1) is 19.7 Å². The van der Waals surface area contributed by atoms with Gasteiger partial charge in [-0.3, -0.25) is 0 Å². The van der Waals surface area contributed by atoms with Crippen LogP contribution in [0.5, 0.6) is 0 Å². The molecule has 0 radical (unpaired) electrons. The monoisotopic (exact) mass is 284 g/mol. The Bertz CT molecular complexity index is 720. The molecule has 2 aliphatic rings. The van der Waals surface area contributed by atoms with Crippen LogP contribution in [0.15, 0.2) is 18.2 Å². The molecule has 1 saturated heterocycles. The number of rotatable bonds is 1.